The third kappa shape index (κ3) is 4.31. The molecule has 4 aromatic rings. The Labute approximate surface area is 191 Å². The fraction of sp³-hybridized carbons (Fsp3) is 0.222. The van der Waals surface area contributed by atoms with Gasteiger partial charge in [-0.15, -0.1) is 11.3 Å². The minimum Gasteiger partial charge on any atom is -0.492 e. The number of halogens is 1. The molecule has 0 spiro atoms. The molecule has 32 heavy (non-hydrogen) atoms. The van der Waals surface area contributed by atoms with Gasteiger partial charge in [-0.3, -0.25) is 9.69 Å². The molecule has 2 heterocycles. The molecule has 1 aromatic heterocycles. The summed E-state index contributed by atoms with van der Waals surface area (Å²) in [6.45, 7) is 3.96. The van der Waals surface area contributed by atoms with Crippen LogP contribution in [0.15, 0.2) is 72.8 Å². The van der Waals surface area contributed by atoms with Crippen molar-refractivity contribution in [2.24, 2.45) is 0 Å². The summed E-state index contributed by atoms with van der Waals surface area (Å²) in [5, 5.41) is 0.924. The lowest BCUT2D eigenvalue weighted by Crippen LogP contribution is -2.25. The topological polar surface area (TPSA) is 29.5 Å². The molecule has 0 bridgehead atoms. The van der Waals surface area contributed by atoms with Crippen molar-refractivity contribution in [2.75, 3.05) is 26.2 Å². The summed E-state index contributed by atoms with van der Waals surface area (Å²) >= 11 is 1.60. The molecule has 0 saturated carbocycles. The third-order valence-corrected chi connectivity index (χ3v) is 7.14. The summed E-state index contributed by atoms with van der Waals surface area (Å²) < 4.78 is 20.4. The van der Waals surface area contributed by atoms with Gasteiger partial charge in [0.15, 0.2) is 5.78 Å². The molecule has 1 fully saturated rings. The molecule has 3 nitrogen and oxygen atoms in total. The van der Waals surface area contributed by atoms with Crippen LogP contribution in [0.25, 0.3) is 20.5 Å². The Bertz CT molecular complexity index is 1220. The van der Waals surface area contributed by atoms with E-state index >= 15 is 0 Å². The molecule has 0 amide bonds. The number of hydrogen-bond donors (Lipinski definition) is 0. The van der Waals surface area contributed by atoms with Gasteiger partial charge in [0.2, 0.25) is 0 Å². The second kappa shape index (κ2) is 9.23. The number of hydrogen-bond acceptors (Lipinski definition) is 4. The second-order valence-corrected chi connectivity index (χ2v) is 9.11. The van der Waals surface area contributed by atoms with Crippen LogP contribution in [0, 0.1) is 5.82 Å². The van der Waals surface area contributed by atoms with Crippen LogP contribution in [-0.4, -0.2) is 36.9 Å². The van der Waals surface area contributed by atoms with Crippen molar-refractivity contribution in [3.63, 3.8) is 0 Å². The molecule has 0 aliphatic carbocycles. The van der Waals surface area contributed by atoms with E-state index in [2.05, 4.69) is 4.90 Å². The predicted molar refractivity (Wildman–Crippen MR) is 128 cm³/mol. The van der Waals surface area contributed by atoms with E-state index in [4.69, 9.17) is 4.74 Å². The lowest BCUT2D eigenvalue weighted by atomic mass is 9.97. The number of ketones is 1. The van der Waals surface area contributed by atoms with Crippen molar-refractivity contribution in [1.29, 1.82) is 0 Å². The highest BCUT2D eigenvalue weighted by atomic mass is 32.1. The summed E-state index contributed by atoms with van der Waals surface area (Å²) in [7, 11) is 0. The van der Waals surface area contributed by atoms with Crippen molar-refractivity contribution in [3.05, 3.63) is 89.7 Å². The first-order valence-electron chi connectivity index (χ1n) is 11.0. The highest BCUT2D eigenvalue weighted by Gasteiger charge is 2.21. The molecule has 0 radical (unpaired) electrons. The molecule has 3 aromatic carbocycles. The first-order chi connectivity index (χ1) is 15.7. The van der Waals surface area contributed by atoms with E-state index < -0.39 is 0 Å². The zero-order valence-electron chi connectivity index (χ0n) is 17.7. The number of benzene rings is 3. The molecule has 1 aliphatic rings. The molecular weight excluding hydrogens is 421 g/mol. The van der Waals surface area contributed by atoms with Gasteiger partial charge in [-0.05, 0) is 86.1 Å². The number of likely N-dealkylation sites (tertiary alicyclic amines) is 1. The van der Waals surface area contributed by atoms with Gasteiger partial charge in [-0.2, -0.15) is 0 Å². The normalized spacial score (nSPS) is 14.2. The monoisotopic (exact) mass is 445 g/mol. The van der Waals surface area contributed by atoms with Gasteiger partial charge < -0.3 is 4.74 Å². The smallest absolute Gasteiger partial charge is 0.195 e. The minimum atomic E-state index is -0.350. The molecule has 1 aliphatic heterocycles. The summed E-state index contributed by atoms with van der Waals surface area (Å²) in [6.07, 6.45) is 2.56. The van der Waals surface area contributed by atoms with Crippen LogP contribution in [0.3, 0.4) is 0 Å². The van der Waals surface area contributed by atoms with Gasteiger partial charge in [0.05, 0.1) is 0 Å². The molecule has 1 saturated heterocycles. The molecular formula is C27H24FNO2S. The highest BCUT2D eigenvalue weighted by molar-refractivity contribution is 7.22. The molecule has 162 valence electrons. The Morgan fingerprint density at radius 1 is 0.938 bits per heavy atom. The fourth-order valence-corrected chi connectivity index (χ4v) is 5.43. The standard InChI is InChI=1S/C27H24FNO2S/c28-21-11-7-19(8-12-21)26(30)25-23-5-1-2-6-24(23)32-27(25)20-9-13-22(14-10-20)31-18-17-29-15-3-4-16-29/h1-2,5-14H,3-4,15-18H2. The van der Waals surface area contributed by atoms with Crippen LogP contribution < -0.4 is 4.74 Å². The lowest BCUT2D eigenvalue weighted by molar-refractivity contribution is 0.104. The van der Waals surface area contributed by atoms with E-state index in [0.717, 1.165) is 32.8 Å². The Hall–Kier alpha value is -3.02. The predicted octanol–water partition coefficient (Wildman–Crippen LogP) is 6.41. The first-order valence-corrected chi connectivity index (χ1v) is 11.8. The van der Waals surface area contributed by atoms with Crippen LogP contribution in [0.2, 0.25) is 0 Å². The van der Waals surface area contributed by atoms with Crippen molar-refractivity contribution in [1.82, 2.24) is 4.90 Å². The minimum absolute atomic E-state index is 0.0941. The van der Waals surface area contributed by atoms with Gasteiger partial charge in [-0.1, -0.05) is 18.2 Å². The van der Waals surface area contributed by atoms with Crippen LogP contribution in [-0.2, 0) is 0 Å². The Morgan fingerprint density at radius 3 is 2.41 bits per heavy atom. The van der Waals surface area contributed by atoms with Gasteiger partial charge in [0, 0.05) is 32.6 Å². The van der Waals surface area contributed by atoms with E-state index in [1.54, 1.807) is 23.5 Å². The third-order valence-electron chi connectivity index (χ3n) is 5.92. The van der Waals surface area contributed by atoms with Crippen LogP contribution >= 0.6 is 11.3 Å². The number of ether oxygens (including phenoxy) is 1. The number of nitrogens with zero attached hydrogens (tertiary/aromatic N) is 1. The van der Waals surface area contributed by atoms with Crippen LogP contribution in [0.4, 0.5) is 4.39 Å². The Kier molecular flexibility index (Phi) is 6.02. The Morgan fingerprint density at radius 2 is 1.66 bits per heavy atom. The number of thiophene rings is 1. The number of carbonyl (C=O) groups is 1. The zero-order valence-corrected chi connectivity index (χ0v) is 18.5. The summed E-state index contributed by atoms with van der Waals surface area (Å²) in [6, 6.07) is 21.6. The van der Waals surface area contributed by atoms with Crippen LogP contribution in [0.5, 0.6) is 5.75 Å². The van der Waals surface area contributed by atoms with E-state index in [0.29, 0.717) is 17.7 Å². The highest BCUT2D eigenvalue weighted by Crippen LogP contribution is 2.40. The van der Waals surface area contributed by atoms with E-state index in [1.807, 2.05) is 48.5 Å². The van der Waals surface area contributed by atoms with Crippen molar-refractivity contribution in [2.45, 2.75) is 12.8 Å². The summed E-state index contributed by atoms with van der Waals surface area (Å²) in [5.74, 6) is 0.390. The molecule has 5 rings (SSSR count). The number of fused-ring (bicyclic) bond motifs is 1. The largest absolute Gasteiger partial charge is 0.492 e. The molecule has 0 N–H and O–H groups in total. The Balaban J connectivity index is 1.42. The quantitative estimate of drug-likeness (QED) is 0.308. The van der Waals surface area contributed by atoms with Gasteiger partial charge in [0.1, 0.15) is 18.2 Å². The van der Waals surface area contributed by atoms with Gasteiger partial charge in [-0.25, -0.2) is 4.39 Å². The van der Waals surface area contributed by atoms with Crippen LogP contribution in [0.1, 0.15) is 28.8 Å². The van der Waals surface area contributed by atoms with E-state index in [-0.39, 0.29) is 11.6 Å². The van der Waals surface area contributed by atoms with E-state index in [1.165, 1.54) is 38.1 Å². The average molecular weight is 446 g/mol. The first kappa shape index (κ1) is 20.9. The van der Waals surface area contributed by atoms with Crippen molar-refractivity contribution < 1.29 is 13.9 Å². The van der Waals surface area contributed by atoms with Crippen molar-refractivity contribution >= 4 is 27.2 Å². The van der Waals surface area contributed by atoms with E-state index in [9.17, 15) is 9.18 Å². The fourth-order valence-electron chi connectivity index (χ4n) is 4.22. The van der Waals surface area contributed by atoms with Gasteiger partial charge >= 0.3 is 0 Å². The average Bonchev–Trinajstić information content (AvgIpc) is 3.47. The lowest BCUT2D eigenvalue weighted by Gasteiger charge is -2.15. The maximum absolute atomic E-state index is 13.4. The molecule has 5 heteroatoms. The molecule has 0 atom stereocenters. The molecule has 0 unspecified atom stereocenters. The SMILES string of the molecule is O=C(c1ccc(F)cc1)c1c(-c2ccc(OCCN3CCCC3)cc2)sc2ccccc12. The number of carbonyl (C=O) groups excluding carboxylic acids is 1. The summed E-state index contributed by atoms with van der Waals surface area (Å²) in [5.41, 5.74) is 2.13. The van der Waals surface area contributed by atoms with Gasteiger partial charge in [0.25, 0.3) is 0 Å². The maximum atomic E-state index is 13.4. The second-order valence-electron chi connectivity index (χ2n) is 8.06. The summed E-state index contributed by atoms with van der Waals surface area (Å²) in [4.78, 5) is 16.8. The number of rotatable bonds is 7. The zero-order chi connectivity index (χ0) is 21.9. The maximum Gasteiger partial charge on any atom is 0.195 e. The van der Waals surface area contributed by atoms with Crippen molar-refractivity contribution in [3.8, 4) is 16.2 Å².